The Hall–Kier alpha value is -1.42. The third-order valence-electron chi connectivity index (χ3n) is 3.32. The third-order valence-corrected chi connectivity index (χ3v) is 5.11. The monoisotopic (exact) mass is 293 g/mol. The number of hydrogen-bond acceptors (Lipinski definition) is 4. The van der Waals surface area contributed by atoms with Crippen molar-refractivity contribution in [1.29, 1.82) is 5.26 Å². The molecule has 1 saturated heterocycles. The Kier molecular flexibility index (Phi) is 4.43. The molecule has 1 aromatic rings. The number of hydrogen-bond donors (Lipinski definition) is 1. The Balaban J connectivity index is 2.16. The number of nitrogens with one attached hydrogen (secondary N) is 1. The second-order valence-corrected chi connectivity index (χ2v) is 7.32. The van der Waals surface area contributed by atoms with Gasteiger partial charge in [0, 0.05) is 25.2 Å². The maximum Gasteiger partial charge on any atom is 0.218 e. The molecule has 1 fully saturated rings. The molecule has 0 bridgehead atoms. The molecular weight excluding hydrogens is 274 g/mol. The van der Waals surface area contributed by atoms with Crippen molar-refractivity contribution in [3.63, 3.8) is 0 Å². The first-order valence-electron chi connectivity index (χ1n) is 6.63. The quantitative estimate of drug-likeness (QED) is 0.905. The molecule has 0 amide bonds. The Morgan fingerprint density at radius 2 is 2.00 bits per heavy atom. The van der Waals surface area contributed by atoms with Crippen LogP contribution in [0.15, 0.2) is 24.3 Å². The van der Waals surface area contributed by atoms with Gasteiger partial charge in [0.15, 0.2) is 0 Å². The normalized spacial score (nSPS) is 24.2. The predicted octanol–water partition coefficient (Wildman–Crippen LogP) is 1.07. The van der Waals surface area contributed by atoms with E-state index in [1.807, 2.05) is 19.9 Å². The number of rotatable bonds is 3. The van der Waals surface area contributed by atoms with E-state index in [2.05, 4.69) is 5.32 Å². The second-order valence-electron chi connectivity index (χ2n) is 5.35. The van der Waals surface area contributed by atoms with Crippen molar-refractivity contribution in [2.75, 3.05) is 13.1 Å². The summed E-state index contributed by atoms with van der Waals surface area (Å²) in [5.74, 6) is -0.0536. The number of nitriles is 1. The third kappa shape index (κ3) is 3.57. The maximum absolute atomic E-state index is 12.5. The Morgan fingerprint density at radius 1 is 1.35 bits per heavy atom. The van der Waals surface area contributed by atoms with Crippen LogP contribution in [0.25, 0.3) is 0 Å². The summed E-state index contributed by atoms with van der Waals surface area (Å²) < 4.78 is 26.5. The molecule has 1 aliphatic heterocycles. The molecule has 0 radical (unpaired) electrons. The lowest BCUT2D eigenvalue weighted by Gasteiger charge is -2.35. The predicted molar refractivity (Wildman–Crippen MR) is 77.4 cm³/mol. The van der Waals surface area contributed by atoms with Crippen LogP contribution in [0.3, 0.4) is 0 Å². The number of benzene rings is 1. The largest absolute Gasteiger partial charge is 0.309 e. The second kappa shape index (κ2) is 5.92. The zero-order chi connectivity index (χ0) is 14.8. The lowest BCUT2D eigenvalue weighted by molar-refractivity contribution is 0.262. The van der Waals surface area contributed by atoms with E-state index in [1.165, 1.54) is 4.31 Å². The van der Waals surface area contributed by atoms with Crippen molar-refractivity contribution in [3.8, 4) is 6.07 Å². The van der Waals surface area contributed by atoms with Crippen LogP contribution in [0.2, 0.25) is 0 Å². The van der Waals surface area contributed by atoms with E-state index in [9.17, 15) is 8.42 Å². The molecule has 0 unspecified atom stereocenters. The summed E-state index contributed by atoms with van der Waals surface area (Å²) in [4.78, 5) is 0. The van der Waals surface area contributed by atoms with Gasteiger partial charge in [-0.05, 0) is 31.5 Å². The van der Waals surface area contributed by atoms with Gasteiger partial charge in [-0.15, -0.1) is 0 Å². The van der Waals surface area contributed by atoms with Gasteiger partial charge in [-0.3, -0.25) is 0 Å². The molecule has 0 aliphatic carbocycles. The van der Waals surface area contributed by atoms with Crippen LogP contribution >= 0.6 is 0 Å². The first-order chi connectivity index (χ1) is 9.40. The van der Waals surface area contributed by atoms with Gasteiger partial charge in [0.05, 0.1) is 17.4 Å². The minimum atomic E-state index is -3.34. The van der Waals surface area contributed by atoms with Crippen molar-refractivity contribution in [1.82, 2.24) is 9.62 Å². The van der Waals surface area contributed by atoms with Gasteiger partial charge >= 0.3 is 0 Å². The fourth-order valence-electron chi connectivity index (χ4n) is 2.54. The maximum atomic E-state index is 12.5. The smallest absolute Gasteiger partial charge is 0.218 e. The minimum Gasteiger partial charge on any atom is -0.309 e. The summed E-state index contributed by atoms with van der Waals surface area (Å²) in [6, 6.07) is 9.09. The molecule has 1 heterocycles. The molecule has 1 N–H and O–H groups in total. The molecule has 5 nitrogen and oxygen atoms in total. The van der Waals surface area contributed by atoms with Crippen LogP contribution in [0.4, 0.5) is 0 Å². The first-order valence-corrected chi connectivity index (χ1v) is 8.24. The van der Waals surface area contributed by atoms with Crippen molar-refractivity contribution in [2.24, 2.45) is 0 Å². The lowest BCUT2D eigenvalue weighted by atomic mass is 10.2. The molecule has 108 valence electrons. The van der Waals surface area contributed by atoms with Gasteiger partial charge in [0.25, 0.3) is 0 Å². The van der Waals surface area contributed by atoms with Gasteiger partial charge in [0.2, 0.25) is 10.0 Å². The van der Waals surface area contributed by atoms with Crippen LogP contribution < -0.4 is 5.32 Å². The van der Waals surface area contributed by atoms with Gasteiger partial charge < -0.3 is 5.32 Å². The zero-order valence-corrected chi connectivity index (χ0v) is 12.5. The van der Waals surface area contributed by atoms with Gasteiger partial charge in [-0.1, -0.05) is 12.1 Å². The SMILES string of the molecule is C[C@@H]1CN(S(=O)(=O)Cc2cccc(C#N)c2)C[C@@H](C)N1. The summed E-state index contributed by atoms with van der Waals surface area (Å²) in [6.45, 7) is 4.94. The molecule has 2 atom stereocenters. The summed E-state index contributed by atoms with van der Waals surface area (Å²) in [5, 5.41) is 12.2. The Morgan fingerprint density at radius 3 is 2.60 bits per heavy atom. The topological polar surface area (TPSA) is 73.2 Å². The number of sulfonamides is 1. The molecule has 0 aromatic heterocycles. The standard InChI is InChI=1S/C14H19N3O2S/c1-11-8-17(9-12(2)16-11)20(18,19)10-14-5-3-4-13(6-14)7-15/h3-6,11-12,16H,8-10H2,1-2H3/t11-,12-/m1/s1. The fourth-order valence-corrected chi connectivity index (χ4v) is 4.22. The first kappa shape index (κ1) is 15.0. The highest BCUT2D eigenvalue weighted by molar-refractivity contribution is 7.88. The highest BCUT2D eigenvalue weighted by Gasteiger charge is 2.30. The van der Waals surface area contributed by atoms with E-state index in [0.717, 1.165) is 0 Å². The van der Waals surface area contributed by atoms with E-state index in [4.69, 9.17) is 5.26 Å². The van der Waals surface area contributed by atoms with Gasteiger partial charge in [-0.25, -0.2) is 8.42 Å². The Labute approximate surface area is 120 Å². The summed E-state index contributed by atoms with van der Waals surface area (Å²) >= 11 is 0. The lowest BCUT2D eigenvalue weighted by Crippen LogP contribution is -2.55. The summed E-state index contributed by atoms with van der Waals surface area (Å²) in [5.41, 5.74) is 1.14. The fraction of sp³-hybridized carbons (Fsp3) is 0.500. The molecule has 2 rings (SSSR count). The van der Waals surface area contributed by atoms with Crippen LogP contribution in [0, 0.1) is 11.3 Å². The minimum absolute atomic E-state index is 0.0536. The molecule has 6 heteroatoms. The number of nitrogens with zero attached hydrogens (tertiary/aromatic N) is 2. The van der Waals surface area contributed by atoms with E-state index < -0.39 is 10.0 Å². The van der Waals surface area contributed by atoms with Crippen LogP contribution in [0.1, 0.15) is 25.0 Å². The molecule has 0 saturated carbocycles. The van der Waals surface area contributed by atoms with E-state index in [0.29, 0.717) is 24.2 Å². The van der Waals surface area contributed by atoms with E-state index in [1.54, 1.807) is 24.3 Å². The van der Waals surface area contributed by atoms with Crippen LogP contribution in [0.5, 0.6) is 0 Å². The molecule has 1 aromatic carbocycles. The molecular formula is C14H19N3O2S. The van der Waals surface area contributed by atoms with Crippen LogP contribution in [-0.4, -0.2) is 37.9 Å². The molecule has 20 heavy (non-hydrogen) atoms. The van der Waals surface area contributed by atoms with E-state index in [-0.39, 0.29) is 17.8 Å². The average Bonchev–Trinajstić information content (AvgIpc) is 2.37. The van der Waals surface area contributed by atoms with Gasteiger partial charge in [-0.2, -0.15) is 9.57 Å². The molecule has 0 spiro atoms. The van der Waals surface area contributed by atoms with Crippen LogP contribution in [-0.2, 0) is 15.8 Å². The van der Waals surface area contributed by atoms with Crippen molar-refractivity contribution < 1.29 is 8.42 Å². The highest BCUT2D eigenvalue weighted by Crippen LogP contribution is 2.15. The summed E-state index contributed by atoms with van der Waals surface area (Å²) in [7, 11) is -3.34. The zero-order valence-electron chi connectivity index (χ0n) is 11.7. The highest BCUT2D eigenvalue weighted by atomic mass is 32.2. The van der Waals surface area contributed by atoms with Crippen molar-refractivity contribution >= 4 is 10.0 Å². The van der Waals surface area contributed by atoms with Gasteiger partial charge in [0.1, 0.15) is 0 Å². The van der Waals surface area contributed by atoms with Crippen molar-refractivity contribution in [2.45, 2.75) is 31.7 Å². The molecule has 1 aliphatic rings. The number of piperazine rings is 1. The average molecular weight is 293 g/mol. The summed E-state index contributed by atoms with van der Waals surface area (Å²) in [6.07, 6.45) is 0. The van der Waals surface area contributed by atoms with Crippen molar-refractivity contribution in [3.05, 3.63) is 35.4 Å². The Bertz CT molecular complexity index is 612. The van der Waals surface area contributed by atoms with E-state index >= 15 is 0 Å².